The van der Waals surface area contributed by atoms with Crippen LogP contribution in [-0.2, 0) is 19.4 Å². The molecule has 0 spiro atoms. The average molecular weight is 421 g/mol. The lowest BCUT2D eigenvalue weighted by Crippen LogP contribution is -2.46. The lowest BCUT2D eigenvalue weighted by Gasteiger charge is -2.26. The molecule has 156 valence electrons. The number of aliphatic hydroxyl groups is 1. The van der Waals surface area contributed by atoms with E-state index >= 15 is 0 Å². The Bertz CT molecular complexity index is 970. The van der Waals surface area contributed by atoms with E-state index in [1.54, 1.807) is 24.3 Å². The first-order chi connectivity index (χ1) is 13.5. The summed E-state index contributed by atoms with van der Waals surface area (Å²) in [5, 5.41) is 18.7. The maximum Gasteiger partial charge on any atom is 0.414 e. The summed E-state index contributed by atoms with van der Waals surface area (Å²) in [6.45, 7) is 1.18. The Balaban J connectivity index is 1.68. The number of sulfone groups is 1. The van der Waals surface area contributed by atoms with E-state index in [4.69, 9.17) is 4.74 Å². The molecule has 1 aliphatic heterocycles. The third-order valence-electron chi connectivity index (χ3n) is 5.47. The largest absolute Gasteiger partial charge is 0.480 e. The van der Waals surface area contributed by atoms with Crippen LogP contribution in [0.4, 0.5) is 10.5 Å². The number of aliphatic hydroxyl groups excluding tert-OH is 1. The number of anilines is 1. The van der Waals surface area contributed by atoms with Gasteiger partial charge in [-0.15, -0.1) is 0 Å². The van der Waals surface area contributed by atoms with Gasteiger partial charge in [-0.3, -0.25) is 9.69 Å². The highest BCUT2D eigenvalue weighted by molar-refractivity contribution is 7.92. The number of carbonyl (C=O) groups excluding carboxylic acids is 1. The van der Waals surface area contributed by atoms with Crippen molar-refractivity contribution in [1.29, 1.82) is 0 Å². The molecule has 1 heterocycles. The molecule has 29 heavy (non-hydrogen) atoms. The molecule has 9 heteroatoms. The van der Waals surface area contributed by atoms with Crippen LogP contribution in [-0.4, -0.2) is 60.4 Å². The summed E-state index contributed by atoms with van der Waals surface area (Å²) < 4.78 is 27.1. The van der Waals surface area contributed by atoms with Gasteiger partial charge in [0.05, 0.1) is 12.6 Å². The summed E-state index contributed by atoms with van der Waals surface area (Å²) in [6.07, 6.45) is 0.140. The minimum Gasteiger partial charge on any atom is -0.480 e. The van der Waals surface area contributed by atoms with Crippen molar-refractivity contribution in [2.24, 2.45) is 5.92 Å². The van der Waals surface area contributed by atoms with Gasteiger partial charge >= 0.3 is 12.1 Å². The zero-order valence-electron chi connectivity index (χ0n) is 16.2. The molecule has 8 nitrogen and oxygen atoms in total. The fourth-order valence-electron chi connectivity index (χ4n) is 3.29. The third-order valence-corrected chi connectivity index (χ3v) is 7.45. The van der Waals surface area contributed by atoms with Crippen LogP contribution in [0.1, 0.15) is 31.7 Å². The first-order valence-corrected chi connectivity index (χ1v) is 11.1. The number of benzene rings is 1. The van der Waals surface area contributed by atoms with Crippen LogP contribution < -0.4 is 4.90 Å². The maximum atomic E-state index is 12.2. The van der Waals surface area contributed by atoms with E-state index in [1.165, 1.54) is 4.90 Å². The van der Waals surface area contributed by atoms with Gasteiger partial charge in [0.25, 0.3) is 0 Å². The molecule has 1 aromatic carbocycles. The van der Waals surface area contributed by atoms with E-state index in [1.807, 2.05) is 0 Å². The van der Waals surface area contributed by atoms with Crippen LogP contribution in [0.3, 0.4) is 0 Å². The highest BCUT2D eigenvalue weighted by atomic mass is 32.2. The summed E-state index contributed by atoms with van der Waals surface area (Å²) in [6, 6.07) is 6.93. The normalized spacial score (nSPS) is 26.0. The minimum absolute atomic E-state index is 0.0577. The van der Waals surface area contributed by atoms with Gasteiger partial charge in [0.1, 0.15) is 6.10 Å². The monoisotopic (exact) mass is 421 g/mol. The second kappa shape index (κ2) is 7.69. The van der Waals surface area contributed by atoms with Crippen LogP contribution in [0.5, 0.6) is 0 Å². The number of amides is 1. The number of rotatable bonds is 5. The number of hydrogen-bond donors (Lipinski definition) is 2. The molecule has 0 bridgehead atoms. The highest BCUT2D eigenvalue weighted by Gasteiger charge is 2.48. The molecule has 2 aliphatic rings. The smallest absolute Gasteiger partial charge is 0.414 e. The molecule has 3 rings (SSSR count). The number of carboxylic acids is 1. The molecule has 0 aromatic heterocycles. The fraction of sp³-hybridized carbons (Fsp3) is 0.500. The fourth-order valence-corrected chi connectivity index (χ4v) is 4.09. The van der Waals surface area contributed by atoms with E-state index in [0.29, 0.717) is 18.5 Å². The van der Waals surface area contributed by atoms with Crippen molar-refractivity contribution >= 4 is 27.6 Å². The molecular formula is C20H23NO7S. The predicted octanol–water partition coefficient (Wildman–Crippen LogP) is 1.41. The van der Waals surface area contributed by atoms with Crippen molar-refractivity contribution < 1.29 is 33.0 Å². The van der Waals surface area contributed by atoms with Gasteiger partial charge in [0.15, 0.2) is 14.6 Å². The number of nitrogens with zero attached hydrogens (tertiary/aromatic N) is 1. The minimum atomic E-state index is -3.91. The lowest BCUT2D eigenvalue weighted by molar-refractivity contribution is -0.140. The Kier molecular flexibility index (Phi) is 5.61. The van der Waals surface area contributed by atoms with Crippen LogP contribution in [0.15, 0.2) is 24.3 Å². The van der Waals surface area contributed by atoms with Crippen LogP contribution in [0, 0.1) is 17.8 Å². The molecule has 1 amide bonds. The Morgan fingerprint density at radius 1 is 1.31 bits per heavy atom. The van der Waals surface area contributed by atoms with E-state index in [2.05, 4.69) is 11.8 Å². The molecular weight excluding hydrogens is 398 g/mol. The van der Waals surface area contributed by atoms with E-state index in [-0.39, 0.29) is 25.0 Å². The Morgan fingerprint density at radius 2 is 1.93 bits per heavy atom. The molecule has 2 N–H and O–H groups in total. The van der Waals surface area contributed by atoms with E-state index in [0.717, 1.165) is 18.7 Å². The topological polar surface area (TPSA) is 121 Å². The van der Waals surface area contributed by atoms with Gasteiger partial charge in [0, 0.05) is 29.8 Å². The molecule has 2 fully saturated rings. The Morgan fingerprint density at radius 3 is 2.45 bits per heavy atom. The number of carbonyl (C=O) groups is 2. The summed E-state index contributed by atoms with van der Waals surface area (Å²) in [4.78, 5) is 25.1. The summed E-state index contributed by atoms with van der Waals surface area (Å²) in [7, 11) is -3.91. The summed E-state index contributed by atoms with van der Waals surface area (Å²) in [5.74, 6) is 4.86. The highest BCUT2D eigenvalue weighted by Crippen LogP contribution is 2.30. The van der Waals surface area contributed by atoms with E-state index < -0.39 is 32.8 Å². The van der Waals surface area contributed by atoms with Crippen molar-refractivity contribution in [2.45, 2.75) is 43.1 Å². The third kappa shape index (κ3) is 4.38. The molecule has 1 aliphatic carbocycles. The van der Waals surface area contributed by atoms with Gasteiger partial charge in [-0.1, -0.05) is 11.8 Å². The van der Waals surface area contributed by atoms with Gasteiger partial charge in [0.2, 0.25) is 0 Å². The SMILES string of the molecule is CC(CC1CN(c2ccc(C#CC3CC(O)C3)cc2)C(=O)O1)(C(=O)O)S(C)(=O)=O. The van der Waals surface area contributed by atoms with Crippen LogP contribution >= 0.6 is 0 Å². The number of hydrogen-bond acceptors (Lipinski definition) is 6. The van der Waals surface area contributed by atoms with Crippen molar-refractivity contribution in [3.63, 3.8) is 0 Å². The molecule has 1 saturated heterocycles. The van der Waals surface area contributed by atoms with Gasteiger partial charge in [-0.05, 0) is 44.0 Å². The Labute approximate surface area is 169 Å². The van der Waals surface area contributed by atoms with Crippen molar-refractivity contribution in [3.8, 4) is 11.8 Å². The average Bonchev–Trinajstić information content (AvgIpc) is 2.97. The Hall–Kier alpha value is -2.57. The van der Waals surface area contributed by atoms with Gasteiger partial charge in [-0.2, -0.15) is 0 Å². The van der Waals surface area contributed by atoms with Crippen molar-refractivity contribution in [1.82, 2.24) is 0 Å². The second-order valence-corrected chi connectivity index (χ2v) is 10.2. The zero-order chi connectivity index (χ0) is 21.4. The van der Waals surface area contributed by atoms with Gasteiger partial charge < -0.3 is 14.9 Å². The standard InChI is InChI=1S/C20H23NO7S/c1-20(18(23)24,29(2,26)27)11-17-12-21(19(25)28-17)15-7-5-13(6-8-15)3-4-14-9-16(22)10-14/h5-8,14,16-17,22H,9-12H2,1-2H3,(H,23,24). The number of cyclic esters (lactones) is 1. The number of ether oxygens (including phenoxy) is 1. The number of carboxylic acid groups (broad SMARTS) is 1. The summed E-state index contributed by atoms with van der Waals surface area (Å²) >= 11 is 0. The van der Waals surface area contributed by atoms with Crippen molar-refractivity contribution in [2.75, 3.05) is 17.7 Å². The molecule has 1 saturated carbocycles. The first kappa shape index (κ1) is 21.1. The summed E-state index contributed by atoms with van der Waals surface area (Å²) in [5.41, 5.74) is 1.33. The number of aliphatic carboxylic acids is 1. The van der Waals surface area contributed by atoms with E-state index in [9.17, 15) is 28.2 Å². The van der Waals surface area contributed by atoms with Crippen molar-refractivity contribution in [3.05, 3.63) is 29.8 Å². The lowest BCUT2D eigenvalue weighted by atomic mass is 9.83. The molecule has 2 atom stereocenters. The van der Waals surface area contributed by atoms with Crippen LogP contribution in [0.25, 0.3) is 0 Å². The molecule has 0 radical (unpaired) electrons. The first-order valence-electron chi connectivity index (χ1n) is 9.20. The maximum absolute atomic E-state index is 12.2. The second-order valence-electron chi connectivity index (χ2n) is 7.77. The molecule has 1 aromatic rings. The van der Waals surface area contributed by atoms with Gasteiger partial charge in [-0.25, -0.2) is 13.2 Å². The quantitative estimate of drug-likeness (QED) is 0.690. The molecule has 2 unspecified atom stereocenters. The zero-order valence-corrected chi connectivity index (χ0v) is 17.0. The predicted molar refractivity (Wildman–Crippen MR) is 105 cm³/mol. The van der Waals surface area contributed by atoms with Crippen LogP contribution in [0.2, 0.25) is 0 Å².